The van der Waals surface area contributed by atoms with Crippen LogP contribution in [0.25, 0.3) is 0 Å². The Bertz CT molecular complexity index is 665. The van der Waals surface area contributed by atoms with Crippen LogP contribution in [-0.4, -0.2) is 17.6 Å². The molecule has 1 aliphatic heterocycles. The molecule has 0 saturated carbocycles. The van der Waals surface area contributed by atoms with Crippen molar-refractivity contribution in [2.45, 2.75) is 18.9 Å². The third-order valence-corrected chi connectivity index (χ3v) is 3.42. The first-order valence-electron chi connectivity index (χ1n) is 6.79. The zero-order chi connectivity index (χ0) is 14.7. The summed E-state index contributed by atoms with van der Waals surface area (Å²) in [6, 6.07) is 15.2. The van der Waals surface area contributed by atoms with Crippen molar-refractivity contribution in [2.75, 3.05) is 0 Å². The molecule has 4 heteroatoms. The fourth-order valence-corrected chi connectivity index (χ4v) is 2.30. The highest BCUT2D eigenvalue weighted by Crippen LogP contribution is 2.20. The number of oxime groups is 1. The van der Waals surface area contributed by atoms with Crippen LogP contribution < -0.4 is 0 Å². The van der Waals surface area contributed by atoms with Gasteiger partial charge in [0, 0.05) is 12.0 Å². The van der Waals surface area contributed by atoms with Gasteiger partial charge in [0.05, 0.1) is 12.1 Å². The summed E-state index contributed by atoms with van der Waals surface area (Å²) in [5, 5.41) is 4.01. The van der Waals surface area contributed by atoms with E-state index in [-0.39, 0.29) is 24.1 Å². The summed E-state index contributed by atoms with van der Waals surface area (Å²) < 4.78 is 12.9. The van der Waals surface area contributed by atoms with Crippen molar-refractivity contribution in [3.05, 3.63) is 71.5 Å². The number of halogens is 1. The van der Waals surface area contributed by atoms with Crippen molar-refractivity contribution >= 4 is 11.5 Å². The SMILES string of the molecule is O=C(CC1CC(c2ccc(F)cc2)=NO1)c1ccccc1. The molecule has 0 saturated heterocycles. The number of Topliss-reactive ketones (excluding diaryl/α,β-unsaturated/α-hetero) is 1. The summed E-state index contributed by atoms with van der Waals surface area (Å²) in [7, 11) is 0. The fourth-order valence-electron chi connectivity index (χ4n) is 2.30. The molecule has 2 aromatic carbocycles. The van der Waals surface area contributed by atoms with E-state index in [1.165, 1.54) is 12.1 Å². The number of carbonyl (C=O) groups excluding carboxylic acids is 1. The van der Waals surface area contributed by atoms with Gasteiger partial charge in [0.2, 0.25) is 0 Å². The van der Waals surface area contributed by atoms with Crippen LogP contribution in [0.2, 0.25) is 0 Å². The summed E-state index contributed by atoms with van der Waals surface area (Å²) in [6.07, 6.45) is 0.598. The van der Waals surface area contributed by atoms with Gasteiger partial charge in [-0.25, -0.2) is 4.39 Å². The van der Waals surface area contributed by atoms with Gasteiger partial charge in [-0.1, -0.05) is 47.6 Å². The molecule has 1 unspecified atom stereocenters. The summed E-state index contributed by atoms with van der Waals surface area (Å²) in [4.78, 5) is 17.4. The molecule has 1 aliphatic rings. The van der Waals surface area contributed by atoms with E-state index in [1.807, 2.05) is 18.2 Å². The third-order valence-electron chi connectivity index (χ3n) is 3.42. The lowest BCUT2D eigenvalue weighted by Gasteiger charge is -2.07. The van der Waals surface area contributed by atoms with Crippen LogP contribution in [0, 0.1) is 5.82 Å². The molecule has 0 spiro atoms. The van der Waals surface area contributed by atoms with Crippen LogP contribution in [0.4, 0.5) is 4.39 Å². The number of nitrogens with zero attached hydrogens (tertiary/aromatic N) is 1. The van der Waals surface area contributed by atoms with Crippen molar-refractivity contribution < 1.29 is 14.0 Å². The highest BCUT2D eigenvalue weighted by atomic mass is 19.1. The highest BCUT2D eigenvalue weighted by Gasteiger charge is 2.25. The average molecular weight is 283 g/mol. The maximum atomic E-state index is 12.9. The molecule has 0 fully saturated rings. The second-order valence-electron chi connectivity index (χ2n) is 4.97. The molecule has 3 nitrogen and oxygen atoms in total. The molecule has 1 heterocycles. The van der Waals surface area contributed by atoms with Gasteiger partial charge < -0.3 is 4.84 Å². The maximum Gasteiger partial charge on any atom is 0.166 e. The topological polar surface area (TPSA) is 38.7 Å². The first-order valence-corrected chi connectivity index (χ1v) is 6.79. The average Bonchev–Trinajstić information content (AvgIpc) is 2.97. The zero-order valence-corrected chi connectivity index (χ0v) is 11.3. The molecule has 21 heavy (non-hydrogen) atoms. The van der Waals surface area contributed by atoms with E-state index in [2.05, 4.69) is 5.16 Å². The summed E-state index contributed by atoms with van der Waals surface area (Å²) in [5.41, 5.74) is 2.25. The predicted molar refractivity (Wildman–Crippen MR) is 77.8 cm³/mol. The van der Waals surface area contributed by atoms with Crippen LogP contribution in [0.5, 0.6) is 0 Å². The van der Waals surface area contributed by atoms with E-state index in [1.54, 1.807) is 24.3 Å². The Kier molecular flexibility index (Phi) is 3.77. The molecule has 1 atom stereocenters. The Balaban J connectivity index is 1.61. The minimum absolute atomic E-state index is 0.0381. The number of ketones is 1. The van der Waals surface area contributed by atoms with Crippen molar-refractivity contribution in [1.82, 2.24) is 0 Å². The number of benzene rings is 2. The van der Waals surface area contributed by atoms with Crippen molar-refractivity contribution in [3.63, 3.8) is 0 Å². The first kappa shape index (κ1) is 13.5. The molecule has 0 bridgehead atoms. The van der Waals surface area contributed by atoms with Crippen LogP contribution in [0.15, 0.2) is 59.8 Å². The van der Waals surface area contributed by atoms with E-state index in [9.17, 15) is 9.18 Å². The normalized spacial score (nSPS) is 17.2. The standard InChI is InChI=1S/C17H14FNO2/c18-14-8-6-12(7-9-14)16-10-15(21-19-16)11-17(20)13-4-2-1-3-5-13/h1-9,15H,10-11H2. The molecule has 2 aromatic rings. The molecule has 106 valence electrons. The number of carbonyl (C=O) groups is 1. The summed E-state index contributed by atoms with van der Waals surface area (Å²) >= 11 is 0. The predicted octanol–water partition coefficient (Wildman–Crippen LogP) is 3.59. The quantitative estimate of drug-likeness (QED) is 0.804. The zero-order valence-electron chi connectivity index (χ0n) is 11.3. The maximum absolute atomic E-state index is 12.9. The Morgan fingerprint density at radius 3 is 2.57 bits per heavy atom. The van der Waals surface area contributed by atoms with Crippen molar-refractivity contribution in [1.29, 1.82) is 0 Å². The van der Waals surface area contributed by atoms with Crippen molar-refractivity contribution in [2.24, 2.45) is 5.16 Å². The lowest BCUT2D eigenvalue weighted by molar-refractivity contribution is 0.0659. The van der Waals surface area contributed by atoms with Gasteiger partial charge in [-0.15, -0.1) is 0 Å². The van der Waals surface area contributed by atoms with Gasteiger partial charge in [-0.3, -0.25) is 4.79 Å². The number of rotatable bonds is 4. The number of hydrogen-bond donors (Lipinski definition) is 0. The molecule has 0 aliphatic carbocycles. The van der Waals surface area contributed by atoms with E-state index in [4.69, 9.17) is 4.84 Å². The van der Waals surface area contributed by atoms with Crippen LogP contribution >= 0.6 is 0 Å². The van der Waals surface area contributed by atoms with E-state index in [0.717, 1.165) is 11.3 Å². The molecule has 0 amide bonds. The monoisotopic (exact) mass is 283 g/mol. The second kappa shape index (κ2) is 5.87. The lowest BCUT2D eigenvalue weighted by atomic mass is 9.99. The molecule has 3 rings (SSSR count). The molecule has 0 aromatic heterocycles. The Morgan fingerprint density at radius 1 is 1.14 bits per heavy atom. The van der Waals surface area contributed by atoms with Gasteiger partial charge in [0.25, 0.3) is 0 Å². The Hall–Kier alpha value is -2.49. The van der Waals surface area contributed by atoms with Gasteiger partial charge in [-0.2, -0.15) is 0 Å². The van der Waals surface area contributed by atoms with E-state index < -0.39 is 0 Å². The minimum atomic E-state index is -0.283. The molecular formula is C17H14FNO2. The molecule has 0 radical (unpaired) electrons. The van der Waals surface area contributed by atoms with Crippen LogP contribution in [-0.2, 0) is 4.84 Å². The summed E-state index contributed by atoms with van der Waals surface area (Å²) in [5.74, 6) is -0.245. The third kappa shape index (κ3) is 3.16. The summed E-state index contributed by atoms with van der Waals surface area (Å²) in [6.45, 7) is 0. The highest BCUT2D eigenvalue weighted by molar-refractivity contribution is 6.02. The van der Waals surface area contributed by atoms with Crippen LogP contribution in [0.1, 0.15) is 28.8 Å². The Labute approximate surface area is 122 Å². The Morgan fingerprint density at radius 2 is 1.86 bits per heavy atom. The van der Waals surface area contributed by atoms with Gasteiger partial charge in [0.1, 0.15) is 11.9 Å². The van der Waals surface area contributed by atoms with Gasteiger partial charge >= 0.3 is 0 Å². The minimum Gasteiger partial charge on any atom is -0.391 e. The van der Waals surface area contributed by atoms with E-state index >= 15 is 0 Å². The second-order valence-corrected chi connectivity index (χ2v) is 4.97. The fraction of sp³-hybridized carbons (Fsp3) is 0.176. The van der Waals surface area contributed by atoms with Gasteiger partial charge in [-0.05, 0) is 17.7 Å². The molecular weight excluding hydrogens is 269 g/mol. The molecule has 0 N–H and O–H groups in total. The number of hydrogen-bond acceptors (Lipinski definition) is 3. The first-order chi connectivity index (χ1) is 10.2. The van der Waals surface area contributed by atoms with Crippen LogP contribution in [0.3, 0.4) is 0 Å². The largest absolute Gasteiger partial charge is 0.391 e. The van der Waals surface area contributed by atoms with Gasteiger partial charge in [0.15, 0.2) is 5.78 Å². The lowest BCUT2D eigenvalue weighted by Crippen LogP contribution is -2.14. The van der Waals surface area contributed by atoms with Crippen molar-refractivity contribution in [3.8, 4) is 0 Å². The van der Waals surface area contributed by atoms with E-state index in [0.29, 0.717) is 12.0 Å². The smallest absolute Gasteiger partial charge is 0.166 e.